The third kappa shape index (κ3) is 9.04. The molecule has 5 heteroatoms. The van der Waals surface area contributed by atoms with Gasteiger partial charge in [-0.25, -0.2) is 4.98 Å². The molecule has 0 saturated heterocycles. The second kappa shape index (κ2) is 18.5. The number of pyridine rings is 1. The zero-order valence-electron chi connectivity index (χ0n) is 62.0. The second-order valence-electron chi connectivity index (χ2n) is 21.9. The molecule has 0 N–H and O–H groups in total. The molecule has 10 aromatic rings. The molecule has 0 saturated carbocycles. The standard InChI is InChI=1S/C69H68N4O/c1-45(2)57-42-65(70-43-60(57)47-25-16-13-17-26-47)73-61-30-19-18-29-55(61)56-34-33-54(41-64(56)73)74-53-28-22-27-52(40-53)71-44-72(63-32-21-20-31-62(63)71)66-58(46-23-14-12-15-24-46)38-51(69(9,10)11)39-59(66)48-35-49(67(3,4)5)37-50(36-48)68(6,7)8/h12-43,45H,44H2,1-11H3/i1D3,2D3,12D,13D,14D,15D,16D,17D,23D,24D,25D,26D,42D,43D,45D. The first-order valence-electron chi connectivity index (χ1n) is 34.2. The number of anilines is 4. The van der Waals surface area contributed by atoms with Crippen molar-refractivity contribution in [1.29, 1.82) is 0 Å². The van der Waals surface area contributed by atoms with E-state index >= 15 is 0 Å². The summed E-state index contributed by atoms with van der Waals surface area (Å²) in [4.78, 5) is 8.71. The van der Waals surface area contributed by atoms with Crippen molar-refractivity contribution in [2.75, 3.05) is 16.5 Å². The van der Waals surface area contributed by atoms with Crippen molar-refractivity contribution in [1.82, 2.24) is 9.55 Å². The van der Waals surface area contributed by atoms with Crippen LogP contribution in [0.1, 0.15) is 130 Å². The maximum absolute atomic E-state index is 9.86. The highest BCUT2D eigenvalue weighted by molar-refractivity contribution is 6.09. The molecular weight excluding hydrogens is 901 g/mol. The fourth-order valence-corrected chi connectivity index (χ4v) is 9.74. The van der Waals surface area contributed by atoms with Gasteiger partial charge in [0, 0.05) is 61.1 Å². The quantitative estimate of drug-likeness (QED) is 0.144. The minimum absolute atomic E-state index is 0.0603. The Morgan fingerprint density at radius 3 is 1.76 bits per heavy atom. The minimum atomic E-state index is -3.76. The number of nitrogens with zero attached hydrogens (tertiary/aromatic N) is 4. The summed E-state index contributed by atoms with van der Waals surface area (Å²) < 4.78 is 177. The van der Waals surface area contributed by atoms with E-state index in [2.05, 4.69) is 101 Å². The van der Waals surface area contributed by atoms with Crippen LogP contribution in [-0.2, 0) is 16.2 Å². The average Bonchev–Trinajstić information content (AvgIpc) is 1.51. The van der Waals surface area contributed by atoms with Gasteiger partial charge in [0.05, 0.1) is 44.5 Å². The molecule has 3 heterocycles. The van der Waals surface area contributed by atoms with Crippen molar-refractivity contribution in [3.8, 4) is 50.7 Å². The van der Waals surface area contributed by atoms with Crippen LogP contribution >= 0.6 is 0 Å². The van der Waals surface area contributed by atoms with E-state index in [-0.39, 0.29) is 40.9 Å². The van der Waals surface area contributed by atoms with Gasteiger partial charge in [-0.1, -0.05) is 191 Å². The van der Waals surface area contributed by atoms with Gasteiger partial charge in [0.2, 0.25) is 0 Å². The third-order valence-corrected chi connectivity index (χ3v) is 13.7. The molecule has 0 fully saturated rings. The first kappa shape index (κ1) is 31.0. The lowest BCUT2D eigenvalue weighted by Crippen LogP contribution is -2.25. The van der Waals surface area contributed by atoms with Gasteiger partial charge in [0.25, 0.3) is 0 Å². The molecule has 2 aromatic heterocycles. The number of ether oxygens (including phenoxy) is 1. The molecule has 11 rings (SSSR count). The fraction of sp³-hybridized carbons (Fsp3) is 0.232. The Kier molecular flexibility index (Phi) is 7.77. The normalized spacial score (nSPS) is 17.2. The van der Waals surface area contributed by atoms with Gasteiger partial charge < -0.3 is 14.5 Å². The van der Waals surface area contributed by atoms with Crippen molar-refractivity contribution in [2.45, 2.75) is 98.2 Å². The number of aromatic nitrogens is 2. The summed E-state index contributed by atoms with van der Waals surface area (Å²) in [5.74, 6) is -3.60. The van der Waals surface area contributed by atoms with Crippen LogP contribution in [-0.4, -0.2) is 16.2 Å². The summed E-state index contributed by atoms with van der Waals surface area (Å²) >= 11 is 0. The molecule has 0 bridgehead atoms. The number of para-hydroxylation sites is 3. The molecule has 370 valence electrons. The minimum Gasteiger partial charge on any atom is -0.457 e. The number of rotatable bonds is 9. The first-order valence-corrected chi connectivity index (χ1v) is 24.7. The number of hydrogen-bond donors (Lipinski definition) is 0. The maximum Gasteiger partial charge on any atom is 0.137 e. The van der Waals surface area contributed by atoms with Crippen LogP contribution in [0.5, 0.6) is 11.5 Å². The number of hydrogen-bond acceptors (Lipinski definition) is 4. The molecule has 0 spiro atoms. The third-order valence-electron chi connectivity index (χ3n) is 13.7. The van der Waals surface area contributed by atoms with Gasteiger partial charge in [-0.15, -0.1) is 0 Å². The zero-order chi connectivity index (χ0) is 68.0. The molecule has 74 heavy (non-hydrogen) atoms. The van der Waals surface area contributed by atoms with Crippen molar-refractivity contribution in [3.05, 3.63) is 216 Å². The molecule has 5 nitrogen and oxygen atoms in total. The lowest BCUT2D eigenvalue weighted by molar-refractivity contribution is 0.483. The van der Waals surface area contributed by atoms with E-state index in [1.807, 2.05) is 48.5 Å². The summed E-state index contributed by atoms with van der Waals surface area (Å²) in [6.45, 7) is 11.9. The summed E-state index contributed by atoms with van der Waals surface area (Å²) in [6.07, 6.45) is -0.954. The van der Waals surface area contributed by atoms with E-state index in [0.717, 1.165) is 39.2 Å². The van der Waals surface area contributed by atoms with Gasteiger partial charge in [-0.2, -0.15) is 0 Å². The van der Waals surface area contributed by atoms with Crippen molar-refractivity contribution in [2.24, 2.45) is 0 Å². The number of benzene rings is 8. The van der Waals surface area contributed by atoms with E-state index in [1.54, 1.807) is 48.5 Å². The lowest BCUT2D eigenvalue weighted by Gasteiger charge is -2.31. The van der Waals surface area contributed by atoms with Crippen molar-refractivity contribution < 1.29 is 30.8 Å². The molecule has 1 aliphatic heterocycles. The predicted molar refractivity (Wildman–Crippen MR) is 314 cm³/mol. The first-order chi connectivity index (χ1) is 43.2. The van der Waals surface area contributed by atoms with E-state index < -0.39 is 108 Å². The second-order valence-corrected chi connectivity index (χ2v) is 21.9. The SMILES string of the molecule is [2H]c1nc(-n2c3ccccc3c3ccc(Oc4cccc(N5CN(c6c(-c7cc(C(C)(C)C)cc(C(C)(C)C)c7)cc(C(C)(C)C)cc6-c6c([2H])c([2H])c([2H])c([2H])c6[2H])c6ccccc65)c4)cc32)c([2H])c(C([2H])(C([2H])([2H])[2H])C([2H])([2H])[2H])c1-c1c([2H])c([2H])c([2H])c([2H])c1[2H]. The van der Waals surface area contributed by atoms with E-state index in [1.165, 1.54) is 4.57 Å². The monoisotopic (exact) mass is 988 g/mol. The Bertz CT molecular complexity index is 4640. The van der Waals surface area contributed by atoms with Crippen molar-refractivity contribution >= 4 is 44.6 Å². The molecule has 0 unspecified atom stereocenters. The molecule has 0 amide bonds. The lowest BCUT2D eigenvalue weighted by atomic mass is 9.77. The van der Waals surface area contributed by atoms with Crippen LogP contribution in [0.2, 0.25) is 0 Å². The van der Waals surface area contributed by atoms with Gasteiger partial charge in [-0.05, 0) is 122 Å². The van der Waals surface area contributed by atoms with Gasteiger partial charge >= 0.3 is 0 Å². The summed E-state index contributed by atoms with van der Waals surface area (Å²) in [5, 5.41) is 1.15. The highest BCUT2D eigenvalue weighted by Crippen LogP contribution is 2.52. The highest BCUT2D eigenvalue weighted by Gasteiger charge is 2.34. The van der Waals surface area contributed by atoms with Crippen LogP contribution in [0.15, 0.2) is 194 Å². The number of fused-ring (bicyclic) bond motifs is 4. The van der Waals surface area contributed by atoms with Gasteiger partial charge in [-0.3, -0.25) is 4.57 Å². The van der Waals surface area contributed by atoms with Crippen LogP contribution < -0.4 is 14.5 Å². The molecule has 0 atom stereocenters. The Hall–Kier alpha value is -7.89. The smallest absolute Gasteiger partial charge is 0.137 e. The van der Waals surface area contributed by atoms with Gasteiger partial charge in [0.1, 0.15) is 24.0 Å². The summed E-state index contributed by atoms with van der Waals surface area (Å²) in [7, 11) is 0. The van der Waals surface area contributed by atoms with Crippen LogP contribution in [0.25, 0.3) is 61.0 Å². The van der Waals surface area contributed by atoms with E-state index in [4.69, 9.17) is 23.9 Å². The highest BCUT2D eigenvalue weighted by atomic mass is 16.5. The molecule has 8 aromatic carbocycles. The Morgan fingerprint density at radius 1 is 0.541 bits per heavy atom. The van der Waals surface area contributed by atoms with Crippen LogP contribution in [0.4, 0.5) is 22.7 Å². The van der Waals surface area contributed by atoms with E-state index in [0.29, 0.717) is 44.5 Å². The summed E-state index contributed by atoms with van der Waals surface area (Å²) in [5.41, 5.74) is 4.98. The zero-order valence-corrected chi connectivity index (χ0v) is 43.0. The molecule has 0 aliphatic carbocycles. The average molecular weight is 988 g/mol. The fourth-order valence-electron chi connectivity index (χ4n) is 9.74. The molecule has 1 aliphatic rings. The van der Waals surface area contributed by atoms with Crippen LogP contribution in [0.3, 0.4) is 0 Å². The summed E-state index contributed by atoms with van der Waals surface area (Å²) in [6, 6.07) is 30.5. The molecule has 0 radical (unpaired) electrons. The largest absolute Gasteiger partial charge is 0.457 e. The maximum atomic E-state index is 9.86. The van der Waals surface area contributed by atoms with Crippen molar-refractivity contribution in [3.63, 3.8) is 0 Å². The van der Waals surface area contributed by atoms with Crippen LogP contribution in [0, 0.1) is 0 Å². The Morgan fingerprint density at radius 2 is 1.11 bits per heavy atom. The van der Waals surface area contributed by atoms with E-state index in [9.17, 15) is 6.85 Å². The topological polar surface area (TPSA) is 33.5 Å². The molecular formula is C69H68N4O. The Labute approximate surface area is 465 Å². The Balaban J connectivity index is 1.08. The predicted octanol–water partition coefficient (Wildman–Crippen LogP) is 19.2. The van der Waals surface area contributed by atoms with Gasteiger partial charge in [0.15, 0.2) is 0 Å².